The molecule has 5 nitrogen and oxygen atoms in total. The Hall–Kier alpha value is -2.41. The van der Waals surface area contributed by atoms with Gasteiger partial charge in [0.15, 0.2) is 0 Å². The lowest BCUT2D eigenvalue weighted by molar-refractivity contribution is -0.107. The topological polar surface area (TPSA) is 68.0 Å². The maximum atomic E-state index is 10.1. The van der Waals surface area contributed by atoms with E-state index < -0.39 is 5.60 Å². The standard InChI is InChI=1S/C29H35ClN2O3/c1-28(2,32-18-26(19-32)34-20-22-13-14-25(30)17-27(22)33)15-16-29(35-21-31,23-9-5-3-6-10-23)24-11-7-4-8-12-24/h3-14,17,26,33H,15-16,18-21,31H2,1-2H3. The molecule has 3 aromatic carbocycles. The summed E-state index contributed by atoms with van der Waals surface area (Å²) in [5.41, 5.74) is 8.29. The number of halogens is 1. The van der Waals surface area contributed by atoms with Crippen LogP contribution in [0.3, 0.4) is 0 Å². The molecule has 0 saturated carbocycles. The summed E-state index contributed by atoms with van der Waals surface area (Å²) in [6.07, 6.45) is 1.85. The van der Waals surface area contributed by atoms with Gasteiger partial charge in [-0.05, 0) is 49.9 Å². The van der Waals surface area contributed by atoms with Crippen molar-refractivity contribution >= 4 is 11.6 Å². The number of nitrogens with zero attached hydrogens (tertiary/aromatic N) is 1. The number of benzene rings is 3. The SMILES string of the molecule is CC(C)(CCC(OCN)(c1ccccc1)c1ccccc1)N1CC(OCc2ccc(Cl)cc2O)C1. The highest BCUT2D eigenvalue weighted by Crippen LogP contribution is 2.41. The third kappa shape index (κ3) is 5.88. The van der Waals surface area contributed by atoms with Crippen molar-refractivity contribution in [2.24, 2.45) is 5.73 Å². The van der Waals surface area contributed by atoms with E-state index in [1.165, 1.54) is 0 Å². The molecular formula is C29H35ClN2O3. The first kappa shape index (κ1) is 25.7. The van der Waals surface area contributed by atoms with Gasteiger partial charge in [-0.25, -0.2) is 0 Å². The average molecular weight is 495 g/mol. The van der Waals surface area contributed by atoms with Crippen LogP contribution in [-0.2, 0) is 21.7 Å². The molecule has 0 radical (unpaired) electrons. The minimum absolute atomic E-state index is 0.0466. The average Bonchev–Trinajstić information content (AvgIpc) is 2.83. The molecule has 0 atom stereocenters. The second-order valence-electron chi connectivity index (χ2n) is 9.79. The Morgan fingerprint density at radius 2 is 1.54 bits per heavy atom. The van der Waals surface area contributed by atoms with Crippen molar-refractivity contribution < 1.29 is 14.6 Å². The molecule has 1 fully saturated rings. The second-order valence-corrected chi connectivity index (χ2v) is 10.2. The molecule has 0 aliphatic carbocycles. The molecular weight excluding hydrogens is 460 g/mol. The van der Waals surface area contributed by atoms with E-state index in [0.717, 1.165) is 42.6 Å². The Morgan fingerprint density at radius 1 is 0.943 bits per heavy atom. The molecule has 0 amide bonds. The number of rotatable bonds is 11. The maximum absolute atomic E-state index is 10.1. The van der Waals surface area contributed by atoms with E-state index in [4.69, 9.17) is 26.8 Å². The molecule has 0 spiro atoms. The molecule has 3 aromatic rings. The smallest absolute Gasteiger partial charge is 0.122 e. The highest BCUT2D eigenvalue weighted by atomic mass is 35.5. The van der Waals surface area contributed by atoms with Gasteiger partial charge in [0.05, 0.1) is 19.4 Å². The van der Waals surface area contributed by atoms with Crippen LogP contribution in [0.1, 0.15) is 43.4 Å². The number of phenols is 1. The first-order valence-corrected chi connectivity index (χ1v) is 12.5. The summed E-state index contributed by atoms with van der Waals surface area (Å²) < 4.78 is 12.4. The van der Waals surface area contributed by atoms with Crippen LogP contribution in [0.5, 0.6) is 5.75 Å². The van der Waals surface area contributed by atoms with E-state index in [-0.39, 0.29) is 24.1 Å². The predicted octanol–water partition coefficient (Wildman–Crippen LogP) is 5.68. The van der Waals surface area contributed by atoms with Gasteiger partial charge in [-0.2, -0.15) is 0 Å². The molecule has 1 saturated heterocycles. The van der Waals surface area contributed by atoms with Crippen molar-refractivity contribution in [3.05, 3.63) is 101 Å². The quantitative estimate of drug-likeness (QED) is 0.335. The number of hydrogen-bond donors (Lipinski definition) is 2. The van der Waals surface area contributed by atoms with Crippen LogP contribution in [0.25, 0.3) is 0 Å². The van der Waals surface area contributed by atoms with Crippen molar-refractivity contribution in [3.8, 4) is 5.75 Å². The molecule has 0 bridgehead atoms. The highest BCUT2D eigenvalue weighted by Gasteiger charge is 2.42. The van der Waals surface area contributed by atoms with Crippen LogP contribution in [0.2, 0.25) is 5.02 Å². The van der Waals surface area contributed by atoms with Crippen LogP contribution >= 0.6 is 11.6 Å². The number of phenolic OH excluding ortho intramolecular Hbond substituents is 1. The molecule has 0 unspecified atom stereocenters. The van der Waals surface area contributed by atoms with Crippen molar-refractivity contribution in [1.29, 1.82) is 0 Å². The van der Waals surface area contributed by atoms with Gasteiger partial charge >= 0.3 is 0 Å². The number of likely N-dealkylation sites (tertiary alicyclic amines) is 1. The summed E-state index contributed by atoms with van der Waals surface area (Å²) >= 11 is 5.92. The summed E-state index contributed by atoms with van der Waals surface area (Å²) in [7, 11) is 0. The highest BCUT2D eigenvalue weighted by molar-refractivity contribution is 6.30. The van der Waals surface area contributed by atoms with E-state index in [0.29, 0.717) is 11.6 Å². The number of aromatic hydroxyl groups is 1. The van der Waals surface area contributed by atoms with Gasteiger partial charge < -0.3 is 20.3 Å². The van der Waals surface area contributed by atoms with E-state index in [1.54, 1.807) is 12.1 Å². The van der Waals surface area contributed by atoms with E-state index in [2.05, 4.69) is 43.0 Å². The number of ether oxygens (including phenoxy) is 2. The summed E-state index contributed by atoms with van der Waals surface area (Å²) in [5.74, 6) is 0.173. The molecule has 1 aliphatic heterocycles. The van der Waals surface area contributed by atoms with Gasteiger partial charge in [0.2, 0.25) is 0 Å². The van der Waals surface area contributed by atoms with Gasteiger partial charge in [0, 0.05) is 29.2 Å². The van der Waals surface area contributed by atoms with Gasteiger partial charge in [-0.1, -0.05) is 78.3 Å². The molecule has 3 N–H and O–H groups in total. The van der Waals surface area contributed by atoms with Crippen molar-refractivity contribution in [1.82, 2.24) is 4.90 Å². The number of hydrogen-bond acceptors (Lipinski definition) is 5. The molecule has 4 rings (SSSR count). The van der Waals surface area contributed by atoms with Crippen LogP contribution in [0.15, 0.2) is 78.9 Å². The van der Waals surface area contributed by atoms with Gasteiger partial charge in [-0.15, -0.1) is 0 Å². The monoisotopic (exact) mass is 494 g/mol. The van der Waals surface area contributed by atoms with Crippen LogP contribution in [-0.4, -0.2) is 41.5 Å². The molecule has 35 heavy (non-hydrogen) atoms. The summed E-state index contributed by atoms with van der Waals surface area (Å²) in [4.78, 5) is 2.45. The summed E-state index contributed by atoms with van der Waals surface area (Å²) in [6, 6.07) is 25.9. The summed E-state index contributed by atoms with van der Waals surface area (Å²) in [5, 5.41) is 10.6. The van der Waals surface area contributed by atoms with Crippen LogP contribution in [0.4, 0.5) is 0 Å². The van der Waals surface area contributed by atoms with E-state index >= 15 is 0 Å². The number of nitrogens with two attached hydrogens (primary N) is 1. The lowest BCUT2D eigenvalue weighted by Gasteiger charge is -2.50. The fraction of sp³-hybridized carbons (Fsp3) is 0.379. The zero-order valence-electron chi connectivity index (χ0n) is 20.5. The molecule has 6 heteroatoms. The zero-order valence-corrected chi connectivity index (χ0v) is 21.2. The first-order valence-electron chi connectivity index (χ1n) is 12.1. The fourth-order valence-corrected chi connectivity index (χ4v) is 4.96. The zero-order chi connectivity index (χ0) is 24.9. The first-order chi connectivity index (χ1) is 16.8. The maximum Gasteiger partial charge on any atom is 0.122 e. The van der Waals surface area contributed by atoms with E-state index in [1.807, 2.05) is 42.5 Å². The van der Waals surface area contributed by atoms with Gasteiger partial charge in [0.25, 0.3) is 0 Å². The van der Waals surface area contributed by atoms with Crippen molar-refractivity contribution in [3.63, 3.8) is 0 Å². The van der Waals surface area contributed by atoms with Gasteiger partial charge in [-0.3, -0.25) is 4.90 Å². The largest absolute Gasteiger partial charge is 0.508 e. The Balaban J connectivity index is 1.41. The van der Waals surface area contributed by atoms with E-state index in [9.17, 15) is 5.11 Å². The minimum Gasteiger partial charge on any atom is -0.508 e. The van der Waals surface area contributed by atoms with Crippen LogP contribution in [0, 0.1) is 0 Å². The molecule has 186 valence electrons. The third-order valence-corrected chi connectivity index (χ3v) is 7.36. The lowest BCUT2D eigenvalue weighted by atomic mass is 9.78. The molecule has 0 aromatic heterocycles. The Morgan fingerprint density at radius 3 is 2.09 bits per heavy atom. The second kappa shape index (κ2) is 11.1. The Labute approximate surface area is 213 Å². The van der Waals surface area contributed by atoms with Gasteiger partial charge in [0.1, 0.15) is 11.4 Å². The fourth-order valence-electron chi connectivity index (χ4n) is 4.80. The molecule has 1 heterocycles. The third-order valence-electron chi connectivity index (χ3n) is 7.12. The molecule has 1 aliphatic rings. The Kier molecular flexibility index (Phi) is 8.15. The summed E-state index contributed by atoms with van der Waals surface area (Å²) in [6.45, 7) is 6.76. The lowest BCUT2D eigenvalue weighted by Crippen LogP contribution is -2.61. The van der Waals surface area contributed by atoms with Crippen molar-refractivity contribution in [2.45, 2.75) is 50.5 Å². The predicted molar refractivity (Wildman–Crippen MR) is 140 cm³/mol. The van der Waals surface area contributed by atoms with Crippen LogP contribution < -0.4 is 5.73 Å². The van der Waals surface area contributed by atoms with Crippen molar-refractivity contribution in [2.75, 3.05) is 19.8 Å². The minimum atomic E-state index is -0.610. The normalized spacial score (nSPS) is 15.2. The Bertz CT molecular complexity index is 1050.